The number of carbonyl (C=O) groups excluding carboxylic acids is 2. The molecule has 3 aromatic carbocycles. The highest BCUT2D eigenvalue weighted by atomic mass is 79.9. The minimum Gasteiger partial charge on any atom is -0.358 e. The molecule has 2 saturated heterocycles. The Hall–Kier alpha value is -3.42. The van der Waals surface area contributed by atoms with Gasteiger partial charge in [0.15, 0.2) is 6.10 Å². The van der Waals surface area contributed by atoms with E-state index in [2.05, 4.69) is 20.9 Å². The summed E-state index contributed by atoms with van der Waals surface area (Å²) in [6, 6.07) is 24.4. The average molecular weight is 502 g/mol. The lowest BCUT2D eigenvalue weighted by Crippen LogP contribution is -2.37. The number of nitrogens with one attached hydrogen (secondary N) is 1. The van der Waals surface area contributed by atoms with Crippen LogP contribution in [0.1, 0.15) is 17.3 Å². The van der Waals surface area contributed by atoms with E-state index in [1.165, 1.54) is 4.90 Å². The first-order valence-corrected chi connectivity index (χ1v) is 11.6. The zero-order valence-electron chi connectivity index (χ0n) is 17.7. The smallest absolute Gasteiger partial charge is 0.266 e. The number of carbonyl (C=O) groups is 2. The number of amides is 2. The van der Waals surface area contributed by atoms with Crippen molar-refractivity contribution in [3.8, 4) is 0 Å². The molecule has 0 bridgehead atoms. The van der Waals surface area contributed by atoms with Gasteiger partial charge in [0.25, 0.3) is 5.91 Å². The number of hydrogen-bond donors (Lipinski definition) is 1. The number of hydroxylamine groups is 1. The van der Waals surface area contributed by atoms with Gasteiger partial charge in [0.05, 0.1) is 17.4 Å². The number of fused-ring (bicyclic) bond motifs is 2. The van der Waals surface area contributed by atoms with Gasteiger partial charge in [-0.05, 0) is 49.4 Å². The van der Waals surface area contributed by atoms with Gasteiger partial charge in [0, 0.05) is 26.6 Å². The van der Waals surface area contributed by atoms with Crippen molar-refractivity contribution < 1.29 is 14.4 Å². The van der Waals surface area contributed by atoms with E-state index in [4.69, 9.17) is 4.84 Å². The Morgan fingerprint density at radius 2 is 1.55 bits per heavy atom. The van der Waals surface area contributed by atoms with Crippen molar-refractivity contribution in [2.75, 3.05) is 9.96 Å². The predicted molar refractivity (Wildman–Crippen MR) is 130 cm³/mol. The van der Waals surface area contributed by atoms with Crippen molar-refractivity contribution >= 4 is 50.0 Å². The SMILES string of the molecule is Cc1[nH]c2ccccc2c1[C@H]1[C@H]2C(=O)N(c3ccc(Br)cc3)C(=O)[C@@H]2ON1c1ccccc1. The Morgan fingerprint density at radius 1 is 0.848 bits per heavy atom. The minimum atomic E-state index is -0.889. The number of aryl methyl sites for hydroxylation is 1. The predicted octanol–water partition coefficient (Wildman–Crippen LogP) is 5.29. The van der Waals surface area contributed by atoms with Crippen molar-refractivity contribution in [2.45, 2.75) is 19.1 Å². The van der Waals surface area contributed by atoms with Crippen LogP contribution in [-0.2, 0) is 14.4 Å². The van der Waals surface area contributed by atoms with Crippen molar-refractivity contribution in [1.29, 1.82) is 0 Å². The van der Waals surface area contributed by atoms with E-state index in [-0.39, 0.29) is 11.8 Å². The average Bonchev–Trinajstić information content (AvgIpc) is 3.44. The first-order valence-electron chi connectivity index (χ1n) is 10.8. The Labute approximate surface area is 198 Å². The Bertz CT molecular complexity index is 1380. The fourth-order valence-corrected chi connectivity index (χ4v) is 5.29. The van der Waals surface area contributed by atoms with Crippen molar-refractivity contribution in [2.24, 2.45) is 5.92 Å². The first kappa shape index (κ1) is 20.2. The monoisotopic (exact) mass is 501 g/mol. The molecule has 0 radical (unpaired) electrons. The summed E-state index contributed by atoms with van der Waals surface area (Å²) in [5.74, 6) is -1.26. The molecule has 0 unspecified atom stereocenters. The molecule has 164 valence electrons. The summed E-state index contributed by atoms with van der Waals surface area (Å²) in [6.07, 6.45) is -0.889. The van der Waals surface area contributed by atoms with Crippen LogP contribution in [0.3, 0.4) is 0 Å². The fourth-order valence-electron chi connectivity index (χ4n) is 5.03. The number of H-pyrrole nitrogens is 1. The molecule has 4 aromatic rings. The van der Waals surface area contributed by atoms with Gasteiger partial charge >= 0.3 is 0 Å². The molecule has 33 heavy (non-hydrogen) atoms. The number of para-hydroxylation sites is 2. The Morgan fingerprint density at radius 3 is 2.30 bits per heavy atom. The van der Waals surface area contributed by atoms with E-state index in [1.807, 2.05) is 73.7 Å². The number of imide groups is 1. The fraction of sp³-hybridized carbons (Fsp3) is 0.154. The topological polar surface area (TPSA) is 65.6 Å². The van der Waals surface area contributed by atoms with Gasteiger partial charge in [-0.15, -0.1) is 0 Å². The summed E-state index contributed by atoms with van der Waals surface area (Å²) in [5, 5.41) is 2.76. The maximum atomic E-state index is 13.8. The molecule has 2 amide bonds. The molecule has 7 heteroatoms. The van der Waals surface area contributed by atoms with Crippen molar-refractivity contribution in [3.05, 3.63) is 94.6 Å². The van der Waals surface area contributed by atoms with Crippen LogP contribution in [0.5, 0.6) is 0 Å². The quantitative estimate of drug-likeness (QED) is 0.387. The molecule has 0 spiro atoms. The van der Waals surface area contributed by atoms with Crippen LogP contribution in [0.2, 0.25) is 0 Å². The van der Waals surface area contributed by atoms with E-state index in [9.17, 15) is 9.59 Å². The molecule has 2 aliphatic rings. The van der Waals surface area contributed by atoms with E-state index in [0.717, 1.165) is 32.3 Å². The number of rotatable bonds is 3. The summed E-state index contributed by atoms with van der Waals surface area (Å²) < 4.78 is 0.879. The second-order valence-electron chi connectivity index (χ2n) is 8.36. The molecule has 0 aliphatic carbocycles. The van der Waals surface area contributed by atoms with Gasteiger partial charge < -0.3 is 4.98 Å². The molecular formula is C26H20BrN3O3. The maximum absolute atomic E-state index is 13.8. The summed E-state index contributed by atoms with van der Waals surface area (Å²) in [5.41, 5.74) is 4.27. The number of halogens is 1. The van der Waals surface area contributed by atoms with Crippen LogP contribution < -0.4 is 9.96 Å². The number of benzene rings is 3. The zero-order valence-corrected chi connectivity index (χ0v) is 19.3. The van der Waals surface area contributed by atoms with Gasteiger partial charge in [-0.3, -0.25) is 14.4 Å². The molecule has 3 heterocycles. The van der Waals surface area contributed by atoms with Crippen LogP contribution in [0, 0.1) is 12.8 Å². The highest BCUT2D eigenvalue weighted by molar-refractivity contribution is 9.10. The second kappa shape index (κ2) is 7.57. The summed E-state index contributed by atoms with van der Waals surface area (Å²) >= 11 is 3.41. The molecule has 6 nitrogen and oxygen atoms in total. The van der Waals surface area contributed by atoms with Crippen LogP contribution in [0.15, 0.2) is 83.3 Å². The largest absolute Gasteiger partial charge is 0.358 e. The van der Waals surface area contributed by atoms with E-state index < -0.39 is 18.1 Å². The maximum Gasteiger partial charge on any atom is 0.266 e. The molecule has 1 aromatic heterocycles. The summed E-state index contributed by atoms with van der Waals surface area (Å²) in [7, 11) is 0. The standard InChI is InChI=1S/C26H20BrN3O3/c1-15-21(19-9-5-6-10-20(19)28-15)23-22-24(33-30(23)18-7-3-2-4-8-18)26(32)29(25(22)31)17-13-11-16(27)12-14-17/h2-14,22-24,28H,1H3/t22-,23+,24-/m1/s1. The van der Waals surface area contributed by atoms with Gasteiger partial charge in [-0.1, -0.05) is 52.3 Å². The molecule has 2 aliphatic heterocycles. The zero-order chi connectivity index (χ0) is 22.7. The normalized spacial score (nSPS) is 22.4. The van der Waals surface area contributed by atoms with E-state index in [1.54, 1.807) is 17.2 Å². The van der Waals surface area contributed by atoms with Gasteiger partial charge in [-0.25, -0.2) is 9.96 Å². The lowest BCUT2D eigenvalue weighted by molar-refractivity contribution is -0.126. The number of anilines is 2. The first-order chi connectivity index (χ1) is 16.0. The molecule has 2 fully saturated rings. The van der Waals surface area contributed by atoms with Gasteiger partial charge in [0.1, 0.15) is 5.92 Å². The molecular weight excluding hydrogens is 482 g/mol. The third-order valence-electron chi connectivity index (χ3n) is 6.45. The molecule has 6 rings (SSSR count). The van der Waals surface area contributed by atoms with Crippen LogP contribution >= 0.6 is 15.9 Å². The number of aromatic nitrogens is 1. The second-order valence-corrected chi connectivity index (χ2v) is 9.27. The Balaban J connectivity index is 1.51. The van der Waals surface area contributed by atoms with Crippen molar-refractivity contribution in [1.82, 2.24) is 4.98 Å². The summed E-state index contributed by atoms with van der Waals surface area (Å²) in [4.78, 5) is 38.2. The van der Waals surface area contributed by atoms with Crippen LogP contribution in [0.4, 0.5) is 11.4 Å². The minimum absolute atomic E-state index is 0.250. The summed E-state index contributed by atoms with van der Waals surface area (Å²) in [6.45, 7) is 2.00. The third kappa shape index (κ3) is 3.03. The highest BCUT2D eigenvalue weighted by Crippen LogP contribution is 2.49. The van der Waals surface area contributed by atoms with E-state index in [0.29, 0.717) is 5.69 Å². The Kier molecular flexibility index (Phi) is 4.64. The van der Waals surface area contributed by atoms with Gasteiger partial charge in [0.2, 0.25) is 5.91 Å². The molecule has 3 atom stereocenters. The number of nitrogens with zero attached hydrogens (tertiary/aromatic N) is 2. The van der Waals surface area contributed by atoms with E-state index >= 15 is 0 Å². The van der Waals surface area contributed by atoms with Gasteiger partial charge in [-0.2, -0.15) is 0 Å². The number of aromatic amines is 1. The lowest BCUT2D eigenvalue weighted by Gasteiger charge is -2.29. The highest BCUT2D eigenvalue weighted by Gasteiger charge is 2.60. The molecule has 0 saturated carbocycles. The third-order valence-corrected chi connectivity index (χ3v) is 6.98. The van der Waals surface area contributed by atoms with Crippen molar-refractivity contribution in [3.63, 3.8) is 0 Å². The number of hydrogen-bond acceptors (Lipinski definition) is 4. The lowest BCUT2D eigenvalue weighted by atomic mass is 9.89. The van der Waals surface area contributed by atoms with Crippen LogP contribution in [-0.4, -0.2) is 22.9 Å². The van der Waals surface area contributed by atoms with Crippen LogP contribution in [0.25, 0.3) is 10.9 Å². The molecule has 1 N–H and O–H groups in total.